The van der Waals surface area contributed by atoms with E-state index in [0.29, 0.717) is 23.7 Å². The van der Waals surface area contributed by atoms with E-state index in [9.17, 15) is 4.79 Å². The summed E-state index contributed by atoms with van der Waals surface area (Å²) in [7, 11) is 0. The average Bonchev–Trinajstić information content (AvgIpc) is 2.62. The number of ether oxygens (including phenoxy) is 1. The summed E-state index contributed by atoms with van der Waals surface area (Å²) in [6.45, 7) is 4.47. The highest BCUT2D eigenvalue weighted by Crippen LogP contribution is 2.21. The van der Waals surface area contributed by atoms with E-state index in [1.165, 1.54) is 0 Å². The summed E-state index contributed by atoms with van der Waals surface area (Å²) < 4.78 is 5.41. The molecule has 0 unspecified atom stereocenters. The zero-order chi connectivity index (χ0) is 18.5. The maximum atomic E-state index is 12.3. The van der Waals surface area contributed by atoms with Crippen LogP contribution in [0.3, 0.4) is 0 Å². The van der Waals surface area contributed by atoms with Crippen molar-refractivity contribution >= 4 is 23.2 Å². The lowest BCUT2D eigenvalue weighted by Gasteiger charge is -2.07. The van der Waals surface area contributed by atoms with Crippen LogP contribution in [0.5, 0.6) is 5.75 Å². The lowest BCUT2D eigenvalue weighted by molar-refractivity contribution is 0.340. The zero-order valence-corrected chi connectivity index (χ0v) is 15.3. The largest absolute Gasteiger partial charge is 0.494 e. The summed E-state index contributed by atoms with van der Waals surface area (Å²) in [6.07, 6.45) is 0.394. The van der Waals surface area contributed by atoms with Gasteiger partial charge in [0.05, 0.1) is 6.61 Å². The third kappa shape index (κ3) is 4.40. The van der Waals surface area contributed by atoms with E-state index in [1.807, 2.05) is 50.2 Å². The number of aromatic amines is 1. The van der Waals surface area contributed by atoms with Crippen LogP contribution in [0, 0.1) is 6.92 Å². The molecule has 0 saturated carbocycles. The number of aryl methyl sites for hydroxylation is 1. The Balaban J connectivity index is 1.72. The predicted octanol–water partition coefficient (Wildman–Crippen LogP) is 3.86. The molecule has 0 aliphatic rings. The number of halogens is 1. The van der Waals surface area contributed by atoms with E-state index in [2.05, 4.69) is 20.5 Å². The van der Waals surface area contributed by atoms with Gasteiger partial charge in [-0.25, -0.2) is 0 Å². The van der Waals surface area contributed by atoms with Gasteiger partial charge in [-0.1, -0.05) is 29.8 Å². The Bertz CT molecular complexity index is 954. The van der Waals surface area contributed by atoms with Gasteiger partial charge in [-0.2, -0.15) is 0 Å². The Kier molecular flexibility index (Phi) is 5.53. The fourth-order valence-corrected chi connectivity index (χ4v) is 2.58. The molecule has 3 aromatic rings. The Morgan fingerprint density at radius 3 is 2.58 bits per heavy atom. The summed E-state index contributed by atoms with van der Waals surface area (Å²) >= 11 is 6.10. The fraction of sp³-hybridized carbons (Fsp3) is 0.211. The molecule has 26 heavy (non-hydrogen) atoms. The molecule has 2 N–H and O–H groups in total. The maximum Gasteiger partial charge on any atom is 0.274 e. The molecule has 3 rings (SSSR count). The number of hydrogen-bond donors (Lipinski definition) is 2. The standard InChI is InChI=1S/C19H19ClN4O2/c1-3-26-15-8-5-13(6-9-15)10-17-18(25)22-19(24-23-17)21-14-7-4-12(2)16(20)11-14/h4-9,11H,3,10H2,1-2H3,(H2,21,22,24,25). The summed E-state index contributed by atoms with van der Waals surface area (Å²) in [5.41, 5.74) is 2.72. The smallest absolute Gasteiger partial charge is 0.274 e. The monoisotopic (exact) mass is 370 g/mol. The quantitative estimate of drug-likeness (QED) is 0.688. The first-order chi connectivity index (χ1) is 12.5. The van der Waals surface area contributed by atoms with Gasteiger partial charge in [-0.15, -0.1) is 10.2 Å². The second-order valence-corrected chi connectivity index (χ2v) is 6.20. The number of hydrogen-bond acceptors (Lipinski definition) is 5. The van der Waals surface area contributed by atoms with Crippen LogP contribution in [0.25, 0.3) is 0 Å². The molecule has 0 aliphatic heterocycles. The van der Waals surface area contributed by atoms with Gasteiger partial charge in [-0.3, -0.25) is 9.78 Å². The summed E-state index contributed by atoms with van der Waals surface area (Å²) in [5.74, 6) is 1.07. The van der Waals surface area contributed by atoms with Crippen molar-refractivity contribution in [2.45, 2.75) is 20.3 Å². The van der Waals surface area contributed by atoms with Gasteiger partial charge < -0.3 is 10.1 Å². The van der Waals surface area contributed by atoms with Crippen molar-refractivity contribution in [3.63, 3.8) is 0 Å². The van der Waals surface area contributed by atoms with E-state index < -0.39 is 0 Å². The Morgan fingerprint density at radius 1 is 1.15 bits per heavy atom. The minimum absolute atomic E-state index is 0.269. The number of H-pyrrole nitrogens is 1. The molecule has 134 valence electrons. The highest BCUT2D eigenvalue weighted by atomic mass is 35.5. The summed E-state index contributed by atoms with van der Waals surface area (Å²) in [5, 5.41) is 11.7. The van der Waals surface area contributed by atoms with Crippen LogP contribution in [0.2, 0.25) is 5.02 Å². The minimum atomic E-state index is -0.283. The van der Waals surface area contributed by atoms with Gasteiger partial charge >= 0.3 is 0 Å². The molecule has 0 radical (unpaired) electrons. The van der Waals surface area contributed by atoms with E-state index in [4.69, 9.17) is 16.3 Å². The van der Waals surface area contributed by atoms with E-state index >= 15 is 0 Å². The van der Waals surface area contributed by atoms with Crippen molar-refractivity contribution in [1.29, 1.82) is 0 Å². The zero-order valence-electron chi connectivity index (χ0n) is 14.5. The van der Waals surface area contributed by atoms with Crippen LogP contribution in [0.1, 0.15) is 23.7 Å². The summed E-state index contributed by atoms with van der Waals surface area (Å²) in [4.78, 5) is 15.0. The van der Waals surface area contributed by atoms with Gasteiger partial charge in [0, 0.05) is 17.1 Å². The predicted molar refractivity (Wildman–Crippen MR) is 103 cm³/mol. The SMILES string of the molecule is CCOc1ccc(Cc2nnc(Nc3ccc(C)c(Cl)c3)[nH]c2=O)cc1. The maximum absolute atomic E-state index is 12.3. The van der Waals surface area contributed by atoms with Crippen LogP contribution in [0.15, 0.2) is 47.3 Å². The number of rotatable bonds is 6. The van der Waals surface area contributed by atoms with Crippen molar-refractivity contribution in [3.8, 4) is 5.75 Å². The Labute approximate surface area is 156 Å². The minimum Gasteiger partial charge on any atom is -0.494 e. The number of nitrogens with one attached hydrogen (secondary N) is 2. The van der Waals surface area contributed by atoms with Crippen molar-refractivity contribution in [1.82, 2.24) is 15.2 Å². The van der Waals surface area contributed by atoms with Crippen LogP contribution in [-0.4, -0.2) is 21.8 Å². The second-order valence-electron chi connectivity index (χ2n) is 5.79. The molecule has 0 bridgehead atoms. The first-order valence-electron chi connectivity index (χ1n) is 8.26. The molecule has 0 amide bonds. The topological polar surface area (TPSA) is 79.9 Å². The van der Waals surface area contributed by atoms with Crippen molar-refractivity contribution in [3.05, 3.63) is 74.7 Å². The molecule has 0 saturated heterocycles. The normalized spacial score (nSPS) is 10.6. The number of aromatic nitrogens is 3. The third-order valence-corrected chi connectivity index (χ3v) is 4.21. The van der Waals surface area contributed by atoms with Gasteiger partial charge in [0.1, 0.15) is 11.4 Å². The van der Waals surface area contributed by atoms with Crippen molar-refractivity contribution in [2.24, 2.45) is 0 Å². The number of nitrogens with zero attached hydrogens (tertiary/aromatic N) is 2. The van der Waals surface area contributed by atoms with Crippen LogP contribution >= 0.6 is 11.6 Å². The molecular formula is C19H19ClN4O2. The summed E-state index contributed by atoms with van der Waals surface area (Å²) in [6, 6.07) is 13.1. The lowest BCUT2D eigenvalue weighted by atomic mass is 10.1. The van der Waals surface area contributed by atoms with Gasteiger partial charge in [0.2, 0.25) is 5.95 Å². The van der Waals surface area contributed by atoms with E-state index in [-0.39, 0.29) is 11.5 Å². The number of anilines is 2. The van der Waals surface area contributed by atoms with E-state index in [0.717, 1.165) is 22.6 Å². The average molecular weight is 371 g/mol. The first kappa shape index (κ1) is 17.9. The van der Waals surface area contributed by atoms with Gasteiger partial charge in [0.25, 0.3) is 5.56 Å². The molecule has 0 spiro atoms. The Hall–Kier alpha value is -2.86. The van der Waals surface area contributed by atoms with Gasteiger partial charge in [-0.05, 0) is 49.2 Å². The molecule has 2 aromatic carbocycles. The Morgan fingerprint density at radius 2 is 1.92 bits per heavy atom. The van der Waals surface area contributed by atoms with Crippen LogP contribution in [0.4, 0.5) is 11.6 Å². The van der Waals surface area contributed by atoms with E-state index in [1.54, 1.807) is 6.07 Å². The number of benzene rings is 2. The fourth-order valence-electron chi connectivity index (χ4n) is 2.40. The molecule has 0 fully saturated rings. The second kappa shape index (κ2) is 8.01. The highest BCUT2D eigenvalue weighted by molar-refractivity contribution is 6.31. The molecule has 0 atom stereocenters. The molecule has 1 heterocycles. The molecule has 7 heteroatoms. The van der Waals surface area contributed by atoms with Crippen LogP contribution < -0.4 is 15.6 Å². The van der Waals surface area contributed by atoms with Crippen LogP contribution in [-0.2, 0) is 6.42 Å². The molecule has 6 nitrogen and oxygen atoms in total. The van der Waals surface area contributed by atoms with Crippen molar-refractivity contribution < 1.29 is 4.74 Å². The highest BCUT2D eigenvalue weighted by Gasteiger charge is 2.07. The third-order valence-electron chi connectivity index (χ3n) is 3.81. The van der Waals surface area contributed by atoms with Crippen molar-refractivity contribution in [2.75, 3.05) is 11.9 Å². The molecule has 1 aromatic heterocycles. The van der Waals surface area contributed by atoms with Gasteiger partial charge in [0.15, 0.2) is 0 Å². The first-order valence-corrected chi connectivity index (χ1v) is 8.63. The molecule has 0 aliphatic carbocycles. The lowest BCUT2D eigenvalue weighted by Crippen LogP contribution is -2.18. The molecular weight excluding hydrogens is 352 g/mol.